The summed E-state index contributed by atoms with van der Waals surface area (Å²) in [5.41, 5.74) is 0. The number of rotatable bonds is 50. The number of hydrogen-bond acceptors (Lipinski definition) is 5. The zero-order chi connectivity index (χ0) is 43.8. The highest BCUT2D eigenvalue weighted by molar-refractivity contribution is 5.80. The van der Waals surface area contributed by atoms with Crippen molar-refractivity contribution in [2.45, 2.75) is 321 Å². The second-order valence-corrected chi connectivity index (χ2v) is 18.9. The molecule has 0 bridgehead atoms. The maximum absolute atomic E-state index is 12.6. The molecule has 0 aliphatic rings. The summed E-state index contributed by atoms with van der Waals surface area (Å²) in [6.45, 7) is 4.09. The fraction of sp³-hybridized carbons (Fsp3) is 0.944. The van der Waals surface area contributed by atoms with Gasteiger partial charge in [0.1, 0.15) is 12.2 Å². The minimum Gasteiger partial charge on any atom is -0.394 e. The molecule has 0 spiro atoms. The third-order valence-electron chi connectivity index (χ3n) is 13.0. The molecule has 0 saturated carbocycles. The van der Waals surface area contributed by atoms with E-state index in [1.165, 1.54) is 225 Å². The van der Waals surface area contributed by atoms with E-state index < -0.39 is 36.9 Å². The summed E-state index contributed by atoms with van der Waals surface area (Å²) in [5, 5.41) is 44.0. The summed E-state index contributed by atoms with van der Waals surface area (Å²) >= 11 is 0. The Kier molecular flexibility index (Phi) is 48.3. The quantitative estimate of drug-likeness (QED) is 0.0309. The van der Waals surface area contributed by atoms with Crippen molar-refractivity contribution in [3.63, 3.8) is 0 Å². The Hall–Kier alpha value is -0.950. The number of allylic oxidation sites excluding steroid dienone is 2. The van der Waals surface area contributed by atoms with Gasteiger partial charge in [-0.3, -0.25) is 4.79 Å². The van der Waals surface area contributed by atoms with Gasteiger partial charge in [0.15, 0.2) is 0 Å². The first kappa shape index (κ1) is 59.0. The van der Waals surface area contributed by atoms with Gasteiger partial charge in [-0.2, -0.15) is 0 Å². The van der Waals surface area contributed by atoms with Gasteiger partial charge in [0.25, 0.3) is 0 Å². The van der Waals surface area contributed by atoms with E-state index in [9.17, 15) is 25.2 Å². The van der Waals surface area contributed by atoms with Gasteiger partial charge in [0.2, 0.25) is 5.91 Å². The van der Waals surface area contributed by atoms with Crippen molar-refractivity contribution in [3.8, 4) is 0 Å². The van der Waals surface area contributed by atoms with Crippen molar-refractivity contribution in [3.05, 3.63) is 12.2 Å². The highest BCUT2D eigenvalue weighted by Gasteiger charge is 2.28. The second-order valence-electron chi connectivity index (χ2n) is 18.9. The number of aliphatic hydroxyl groups excluding tert-OH is 4. The molecule has 6 nitrogen and oxygen atoms in total. The lowest BCUT2D eigenvalue weighted by Gasteiger charge is -2.27. The number of carbonyl (C=O) groups is 1. The molecule has 0 radical (unpaired) electrons. The van der Waals surface area contributed by atoms with Gasteiger partial charge in [0, 0.05) is 0 Å². The fourth-order valence-corrected chi connectivity index (χ4v) is 8.70. The highest BCUT2D eigenvalue weighted by atomic mass is 16.3. The Labute approximate surface area is 374 Å². The van der Waals surface area contributed by atoms with Crippen LogP contribution in [0.15, 0.2) is 12.2 Å². The molecule has 4 unspecified atom stereocenters. The first-order valence-electron chi connectivity index (χ1n) is 27.1. The number of unbranched alkanes of at least 4 members (excludes halogenated alkanes) is 39. The van der Waals surface area contributed by atoms with Crippen LogP contribution in [0.3, 0.4) is 0 Å². The monoisotopic (exact) mass is 850 g/mol. The van der Waals surface area contributed by atoms with Crippen molar-refractivity contribution >= 4 is 5.91 Å². The van der Waals surface area contributed by atoms with Gasteiger partial charge in [0.05, 0.1) is 18.8 Å². The smallest absolute Gasteiger partial charge is 0.249 e. The predicted octanol–water partition coefficient (Wildman–Crippen LogP) is 15.3. The van der Waals surface area contributed by atoms with Crippen LogP contribution in [0.25, 0.3) is 0 Å². The molecule has 0 aliphatic heterocycles. The topological polar surface area (TPSA) is 110 Å². The van der Waals surface area contributed by atoms with E-state index >= 15 is 0 Å². The first-order chi connectivity index (χ1) is 29.5. The molecular formula is C54H107NO5. The van der Waals surface area contributed by atoms with Gasteiger partial charge in [-0.1, -0.05) is 270 Å². The first-order valence-corrected chi connectivity index (χ1v) is 27.1. The van der Waals surface area contributed by atoms with Crippen molar-refractivity contribution in [1.29, 1.82) is 0 Å². The van der Waals surface area contributed by atoms with Crippen LogP contribution in [0.2, 0.25) is 0 Å². The molecule has 0 saturated heterocycles. The molecule has 60 heavy (non-hydrogen) atoms. The molecule has 0 aromatic heterocycles. The lowest BCUT2D eigenvalue weighted by atomic mass is 9.99. The van der Waals surface area contributed by atoms with Gasteiger partial charge in [-0.05, 0) is 38.5 Å². The molecule has 0 aromatic rings. The Bertz CT molecular complexity index is 867. The number of nitrogens with one attached hydrogen (secondary N) is 1. The van der Waals surface area contributed by atoms with Crippen LogP contribution < -0.4 is 5.32 Å². The molecule has 358 valence electrons. The summed E-state index contributed by atoms with van der Waals surface area (Å²) < 4.78 is 0. The van der Waals surface area contributed by atoms with E-state index in [0.717, 1.165) is 44.9 Å². The van der Waals surface area contributed by atoms with E-state index in [0.29, 0.717) is 12.8 Å². The van der Waals surface area contributed by atoms with Gasteiger partial charge >= 0.3 is 0 Å². The zero-order valence-corrected chi connectivity index (χ0v) is 40.5. The SMILES string of the molecule is CCCCCCCCCCCC/C=C\CCCCCCCCC(O)C(=O)NC(CO)C(O)C(O)CCCCCCCCCCCCCCCCCCCCCCCCCC. The van der Waals surface area contributed by atoms with E-state index in [-0.39, 0.29) is 0 Å². The molecule has 4 atom stereocenters. The average molecular weight is 850 g/mol. The van der Waals surface area contributed by atoms with E-state index in [4.69, 9.17) is 0 Å². The van der Waals surface area contributed by atoms with E-state index in [1.54, 1.807) is 0 Å². The molecular weight excluding hydrogens is 743 g/mol. The molecule has 0 rings (SSSR count). The summed E-state index contributed by atoms with van der Waals surface area (Å²) in [6, 6.07) is -0.986. The normalized spacial score (nSPS) is 13.9. The van der Waals surface area contributed by atoms with E-state index in [2.05, 4.69) is 31.3 Å². The van der Waals surface area contributed by atoms with Crippen molar-refractivity contribution in [2.24, 2.45) is 0 Å². The average Bonchev–Trinajstić information content (AvgIpc) is 3.25. The Morgan fingerprint density at radius 1 is 0.400 bits per heavy atom. The van der Waals surface area contributed by atoms with Crippen LogP contribution in [0, 0.1) is 0 Å². The molecule has 0 aliphatic carbocycles. The fourth-order valence-electron chi connectivity index (χ4n) is 8.70. The Morgan fingerprint density at radius 3 is 0.967 bits per heavy atom. The molecule has 5 N–H and O–H groups in total. The third kappa shape index (κ3) is 42.4. The maximum Gasteiger partial charge on any atom is 0.249 e. The summed E-state index contributed by atoms with van der Waals surface area (Å²) in [6.07, 6.45) is 56.9. The number of carbonyl (C=O) groups excluding carboxylic acids is 1. The van der Waals surface area contributed by atoms with Gasteiger partial charge < -0.3 is 25.7 Å². The second kappa shape index (κ2) is 49.1. The van der Waals surface area contributed by atoms with Crippen LogP contribution in [-0.2, 0) is 4.79 Å². The number of amides is 1. The third-order valence-corrected chi connectivity index (χ3v) is 13.0. The predicted molar refractivity (Wildman–Crippen MR) is 261 cm³/mol. The van der Waals surface area contributed by atoms with Crippen molar-refractivity contribution < 1.29 is 25.2 Å². The highest BCUT2D eigenvalue weighted by Crippen LogP contribution is 2.18. The number of hydrogen-bond donors (Lipinski definition) is 5. The van der Waals surface area contributed by atoms with E-state index in [1.807, 2.05) is 0 Å². The van der Waals surface area contributed by atoms with Gasteiger partial charge in [-0.25, -0.2) is 0 Å². The summed E-state index contributed by atoms with van der Waals surface area (Å²) in [5.74, 6) is -0.584. The molecule has 6 heteroatoms. The lowest BCUT2D eigenvalue weighted by molar-refractivity contribution is -0.132. The summed E-state index contributed by atoms with van der Waals surface area (Å²) in [7, 11) is 0. The molecule has 0 fully saturated rings. The Balaban J connectivity index is 3.63. The molecule has 0 heterocycles. The van der Waals surface area contributed by atoms with Crippen LogP contribution in [0.1, 0.15) is 296 Å². The van der Waals surface area contributed by atoms with Gasteiger partial charge in [-0.15, -0.1) is 0 Å². The maximum atomic E-state index is 12.6. The van der Waals surface area contributed by atoms with Crippen LogP contribution in [0.5, 0.6) is 0 Å². The largest absolute Gasteiger partial charge is 0.394 e. The minimum absolute atomic E-state index is 0.365. The zero-order valence-electron chi connectivity index (χ0n) is 40.5. The molecule has 1 amide bonds. The van der Waals surface area contributed by atoms with Crippen LogP contribution in [-0.4, -0.2) is 57.3 Å². The standard InChI is InChI=1S/C54H107NO5/c1-3-5-7-9-11-13-15-17-19-21-23-25-26-27-28-30-31-33-35-37-39-41-43-45-47-51(57)53(59)50(49-56)55-54(60)52(58)48-46-44-42-40-38-36-34-32-29-24-22-20-18-16-14-12-10-8-6-4-2/h29,32,50-53,56-59H,3-28,30-31,33-49H2,1-2H3,(H,55,60)/b32-29-. The van der Waals surface area contributed by atoms with Crippen molar-refractivity contribution in [1.82, 2.24) is 5.32 Å². The Morgan fingerprint density at radius 2 is 0.667 bits per heavy atom. The van der Waals surface area contributed by atoms with Crippen LogP contribution in [0.4, 0.5) is 0 Å². The lowest BCUT2D eigenvalue weighted by Crippen LogP contribution is -2.53. The minimum atomic E-state index is -1.26. The van der Waals surface area contributed by atoms with Crippen molar-refractivity contribution in [2.75, 3.05) is 6.61 Å². The summed E-state index contributed by atoms with van der Waals surface area (Å²) in [4.78, 5) is 12.6. The van der Waals surface area contributed by atoms with Crippen LogP contribution >= 0.6 is 0 Å². The number of aliphatic hydroxyl groups is 4. The molecule has 0 aromatic carbocycles.